The Kier molecular flexibility index (Phi) is 5.33. The van der Waals surface area contributed by atoms with E-state index in [1.807, 2.05) is 12.1 Å². The van der Waals surface area contributed by atoms with Crippen molar-refractivity contribution >= 4 is 23.1 Å². The van der Waals surface area contributed by atoms with Gasteiger partial charge in [0.2, 0.25) is 0 Å². The van der Waals surface area contributed by atoms with Crippen molar-refractivity contribution in [1.29, 1.82) is 0 Å². The van der Waals surface area contributed by atoms with E-state index in [1.165, 1.54) is 5.56 Å². The van der Waals surface area contributed by atoms with Crippen molar-refractivity contribution in [2.45, 2.75) is 19.8 Å². The van der Waals surface area contributed by atoms with Gasteiger partial charge in [0.1, 0.15) is 5.75 Å². The molecule has 11 heavy (non-hydrogen) atoms. The first-order valence-corrected chi connectivity index (χ1v) is 3.61. The molecule has 0 radical (unpaired) electrons. The van der Waals surface area contributed by atoms with Crippen LogP contribution in [-0.4, -0.2) is 28.2 Å². The molecule has 0 fully saturated rings. The maximum atomic E-state index is 8.92. The molecule has 0 spiro atoms. The molecule has 1 N–H and O–H groups in total. The molecule has 0 amide bonds. The Morgan fingerprint density at radius 2 is 1.82 bits per heavy atom. The number of hydrogen-bond donors (Lipinski definition) is 1. The maximum absolute atomic E-state index is 8.92. The minimum Gasteiger partial charge on any atom is -1.00 e. The van der Waals surface area contributed by atoms with Gasteiger partial charge in [-0.3, -0.25) is 0 Å². The van der Waals surface area contributed by atoms with E-state index in [2.05, 4.69) is 6.92 Å². The van der Waals surface area contributed by atoms with Crippen LogP contribution in [0.25, 0.3) is 0 Å². The fraction of sp³-hybridized carbons (Fsp3) is 0.333. The molecule has 2 heteroatoms. The molecule has 0 saturated carbocycles. The Bertz CT molecular complexity index is 201. The first-order chi connectivity index (χ1) is 4.83. The van der Waals surface area contributed by atoms with Crippen LogP contribution in [-0.2, 0) is 6.42 Å². The largest absolute Gasteiger partial charge is 2.00 e. The van der Waals surface area contributed by atoms with Crippen LogP contribution in [0.3, 0.4) is 0 Å². The monoisotopic (exact) mass is 162 g/mol. The molecule has 0 heterocycles. The molecule has 0 aromatic heterocycles. The van der Waals surface area contributed by atoms with Crippen LogP contribution in [0.5, 0.6) is 5.75 Å². The number of hydrogen-bond acceptors (Lipinski definition) is 1. The molecule has 0 aliphatic rings. The van der Waals surface area contributed by atoms with Crippen molar-refractivity contribution < 1.29 is 7.96 Å². The number of phenolic OH excluding ortho intramolecular Hbond substituents is 1. The van der Waals surface area contributed by atoms with Crippen LogP contribution in [0.1, 0.15) is 21.8 Å². The average Bonchev–Trinajstić information content (AvgIpc) is 1.95. The summed E-state index contributed by atoms with van der Waals surface area (Å²) in [5, 5.41) is 8.92. The van der Waals surface area contributed by atoms with Gasteiger partial charge in [-0.2, -0.15) is 0 Å². The zero-order chi connectivity index (χ0) is 7.40. The van der Waals surface area contributed by atoms with E-state index in [1.54, 1.807) is 12.1 Å². The standard InChI is InChI=1S/C9H12O.Mg.2H/c1-2-3-8-4-6-9(10)7-5-8;;;/h4-7,10H,2-3H2,1H3;;;/q;+2;2*-1. The van der Waals surface area contributed by atoms with Crippen molar-refractivity contribution in [3.8, 4) is 5.75 Å². The predicted molar refractivity (Wildman–Crippen MR) is 50.1 cm³/mol. The molecule has 0 atom stereocenters. The molecule has 58 valence electrons. The second kappa shape index (κ2) is 5.44. The molecule has 0 unspecified atom stereocenters. The minimum absolute atomic E-state index is 0. The summed E-state index contributed by atoms with van der Waals surface area (Å²) in [4.78, 5) is 0. The summed E-state index contributed by atoms with van der Waals surface area (Å²) in [5.41, 5.74) is 1.29. The van der Waals surface area contributed by atoms with Crippen molar-refractivity contribution in [3.63, 3.8) is 0 Å². The van der Waals surface area contributed by atoms with Crippen molar-refractivity contribution in [3.05, 3.63) is 29.8 Å². The number of phenols is 1. The van der Waals surface area contributed by atoms with E-state index < -0.39 is 0 Å². The fourth-order valence-corrected chi connectivity index (χ4v) is 0.951. The van der Waals surface area contributed by atoms with Gasteiger partial charge >= 0.3 is 23.1 Å². The van der Waals surface area contributed by atoms with Crippen LogP contribution < -0.4 is 0 Å². The molecule has 1 nitrogen and oxygen atoms in total. The normalized spacial score (nSPS) is 8.82. The van der Waals surface area contributed by atoms with Gasteiger partial charge in [-0.25, -0.2) is 0 Å². The summed E-state index contributed by atoms with van der Waals surface area (Å²) in [7, 11) is 0. The Balaban J connectivity index is -0.000000333. The van der Waals surface area contributed by atoms with Crippen LogP contribution in [0.4, 0.5) is 0 Å². The third-order valence-electron chi connectivity index (χ3n) is 1.48. The fourth-order valence-electron chi connectivity index (χ4n) is 0.951. The number of aryl methyl sites for hydroxylation is 1. The van der Waals surface area contributed by atoms with Crippen molar-refractivity contribution in [2.75, 3.05) is 0 Å². The summed E-state index contributed by atoms with van der Waals surface area (Å²) >= 11 is 0. The quantitative estimate of drug-likeness (QED) is 0.661. The predicted octanol–water partition coefficient (Wildman–Crippen LogP) is 2.19. The van der Waals surface area contributed by atoms with Crippen molar-refractivity contribution in [2.24, 2.45) is 0 Å². The average molecular weight is 163 g/mol. The van der Waals surface area contributed by atoms with Crippen molar-refractivity contribution in [1.82, 2.24) is 0 Å². The van der Waals surface area contributed by atoms with Gasteiger partial charge in [0.15, 0.2) is 0 Å². The van der Waals surface area contributed by atoms with Gasteiger partial charge in [-0.05, 0) is 24.1 Å². The Morgan fingerprint density at radius 3 is 2.27 bits per heavy atom. The summed E-state index contributed by atoms with van der Waals surface area (Å²) in [6.45, 7) is 2.15. The third-order valence-corrected chi connectivity index (χ3v) is 1.48. The Labute approximate surface area is 86.6 Å². The topological polar surface area (TPSA) is 20.2 Å². The van der Waals surface area contributed by atoms with Gasteiger partial charge in [0.25, 0.3) is 0 Å². The van der Waals surface area contributed by atoms with Gasteiger partial charge in [0.05, 0.1) is 0 Å². The zero-order valence-electron chi connectivity index (χ0n) is 8.88. The molecular weight excluding hydrogens is 148 g/mol. The zero-order valence-corrected chi connectivity index (χ0v) is 8.29. The molecule has 1 aromatic rings. The summed E-state index contributed by atoms with van der Waals surface area (Å²) in [5.74, 6) is 0.347. The van der Waals surface area contributed by atoms with E-state index >= 15 is 0 Å². The first-order valence-electron chi connectivity index (χ1n) is 3.61. The van der Waals surface area contributed by atoms with Crippen LogP contribution >= 0.6 is 0 Å². The third kappa shape index (κ3) is 3.63. The second-order valence-electron chi connectivity index (χ2n) is 2.42. The van der Waals surface area contributed by atoms with Gasteiger partial charge in [-0.15, -0.1) is 0 Å². The van der Waals surface area contributed by atoms with E-state index in [4.69, 9.17) is 5.11 Å². The molecule has 0 saturated heterocycles. The van der Waals surface area contributed by atoms with Gasteiger partial charge in [-0.1, -0.05) is 25.5 Å². The van der Waals surface area contributed by atoms with Gasteiger partial charge in [0, 0.05) is 0 Å². The molecule has 1 aromatic carbocycles. The summed E-state index contributed by atoms with van der Waals surface area (Å²) < 4.78 is 0. The number of benzene rings is 1. The number of aromatic hydroxyl groups is 1. The summed E-state index contributed by atoms with van der Waals surface area (Å²) in [6.07, 6.45) is 2.26. The second-order valence-corrected chi connectivity index (χ2v) is 2.42. The SMILES string of the molecule is CCCc1ccc(O)cc1.[H-].[H-].[Mg+2]. The smallest absolute Gasteiger partial charge is 1.00 e. The molecule has 0 aliphatic heterocycles. The van der Waals surface area contributed by atoms with E-state index in [0.717, 1.165) is 12.8 Å². The molecular formula is C9H14MgO. The Hall–Kier alpha value is -0.214. The Morgan fingerprint density at radius 1 is 1.27 bits per heavy atom. The van der Waals surface area contributed by atoms with Crippen LogP contribution in [0.2, 0.25) is 0 Å². The molecule has 0 aliphatic carbocycles. The molecule has 1 rings (SSSR count). The number of rotatable bonds is 2. The van der Waals surface area contributed by atoms with Gasteiger partial charge < -0.3 is 7.96 Å². The van der Waals surface area contributed by atoms with Crippen LogP contribution in [0, 0.1) is 0 Å². The van der Waals surface area contributed by atoms with E-state index in [9.17, 15) is 0 Å². The van der Waals surface area contributed by atoms with E-state index in [-0.39, 0.29) is 25.9 Å². The first kappa shape index (κ1) is 10.8. The summed E-state index contributed by atoms with van der Waals surface area (Å²) in [6, 6.07) is 7.37. The van der Waals surface area contributed by atoms with E-state index in [0.29, 0.717) is 5.75 Å². The molecule has 0 bridgehead atoms. The van der Waals surface area contributed by atoms with Crippen LogP contribution in [0.15, 0.2) is 24.3 Å². The maximum Gasteiger partial charge on any atom is 2.00 e. The minimum atomic E-state index is 0.